The maximum Gasteiger partial charge on any atom is 0.245 e. The minimum absolute atomic E-state index is 0.0910. The quantitative estimate of drug-likeness (QED) is 0.892. The third-order valence-electron chi connectivity index (χ3n) is 1.42. The number of nitrogens with one attached hydrogen (secondary N) is 1. The largest absolute Gasteiger partial charge is 0.364 e. The van der Waals surface area contributed by atoms with E-state index >= 15 is 0 Å². The van der Waals surface area contributed by atoms with Crippen LogP contribution in [0.1, 0.15) is 6.92 Å². The Bertz CT molecular complexity index is 310. The van der Waals surface area contributed by atoms with Crippen molar-refractivity contribution in [2.45, 2.75) is 13.0 Å². The van der Waals surface area contributed by atoms with Crippen LogP contribution in [-0.2, 0) is 0 Å². The molecule has 4 nitrogen and oxygen atoms in total. The van der Waals surface area contributed by atoms with Gasteiger partial charge < -0.3 is 5.32 Å². The summed E-state index contributed by atoms with van der Waals surface area (Å²) < 4.78 is 0. The van der Waals surface area contributed by atoms with Crippen molar-refractivity contribution in [3.8, 4) is 0 Å². The van der Waals surface area contributed by atoms with Crippen molar-refractivity contribution >= 4 is 40.8 Å². The molecule has 0 radical (unpaired) electrons. The van der Waals surface area contributed by atoms with Crippen molar-refractivity contribution in [1.82, 2.24) is 15.2 Å². The van der Waals surface area contributed by atoms with E-state index in [2.05, 4.69) is 20.5 Å². The molecule has 1 N–H and O–H groups in total. The van der Waals surface area contributed by atoms with Crippen molar-refractivity contribution < 1.29 is 0 Å². The molecule has 0 aromatic carbocycles. The second-order valence-electron chi connectivity index (χ2n) is 2.72. The van der Waals surface area contributed by atoms with Gasteiger partial charge in [-0.25, -0.2) is 0 Å². The summed E-state index contributed by atoms with van der Waals surface area (Å²) in [5.41, 5.74) is 0. The lowest BCUT2D eigenvalue weighted by atomic mass is 10.4. The summed E-state index contributed by atoms with van der Waals surface area (Å²) in [6.07, 6.45) is 2.03. The van der Waals surface area contributed by atoms with Crippen LogP contribution in [-0.4, -0.2) is 33.2 Å². The predicted octanol–water partition coefficient (Wildman–Crippen LogP) is 2.34. The van der Waals surface area contributed by atoms with Gasteiger partial charge in [0.1, 0.15) is 0 Å². The number of aromatic nitrogens is 3. The van der Waals surface area contributed by atoms with E-state index in [1.54, 1.807) is 11.8 Å². The highest BCUT2D eigenvalue weighted by Crippen LogP contribution is 2.17. The van der Waals surface area contributed by atoms with Gasteiger partial charge in [0.2, 0.25) is 5.28 Å². The third-order valence-corrected chi connectivity index (χ3v) is 2.67. The lowest BCUT2D eigenvalue weighted by molar-refractivity contribution is 0.882. The Kier molecular flexibility index (Phi) is 4.71. The highest BCUT2D eigenvalue weighted by atomic mass is 35.5. The third kappa shape index (κ3) is 3.48. The van der Waals surface area contributed by atoms with Crippen molar-refractivity contribution in [3.05, 3.63) is 10.4 Å². The van der Waals surface area contributed by atoms with Crippen molar-refractivity contribution in [2.24, 2.45) is 0 Å². The molecule has 1 aromatic rings. The molecule has 0 spiro atoms. The molecule has 0 saturated heterocycles. The average Bonchev–Trinajstić information content (AvgIpc) is 2.12. The van der Waals surface area contributed by atoms with Crippen molar-refractivity contribution in [2.75, 3.05) is 17.3 Å². The van der Waals surface area contributed by atoms with Crippen LogP contribution in [0.5, 0.6) is 0 Å². The van der Waals surface area contributed by atoms with Crippen LogP contribution < -0.4 is 5.32 Å². The first-order valence-electron chi connectivity index (χ1n) is 3.94. The summed E-state index contributed by atoms with van der Waals surface area (Å²) >= 11 is 13.1. The van der Waals surface area contributed by atoms with E-state index < -0.39 is 0 Å². The molecule has 7 heteroatoms. The first-order valence-corrected chi connectivity index (χ1v) is 6.09. The molecule has 1 heterocycles. The van der Waals surface area contributed by atoms with E-state index in [1.807, 2.05) is 13.2 Å². The Labute approximate surface area is 96.8 Å². The normalized spacial score (nSPS) is 12.6. The molecule has 0 aliphatic heterocycles. The van der Waals surface area contributed by atoms with E-state index in [-0.39, 0.29) is 16.5 Å². The number of halogens is 2. The SMILES string of the molecule is CSCC(C)Nc1nc(Cl)nnc1Cl. The summed E-state index contributed by atoms with van der Waals surface area (Å²) in [6.45, 7) is 2.03. The Morgan fingerprint density at radius 3 is 2.79 bits per heavy atom. The zero-order chi connectivity index (χ0) is 10.6. The zero-order valence-electron chi connectivity index (χ0n) is 7.79. The Morgan fingerprint density at radius 1 is 1.43 bits per heavy atom. The lowest BCUT2D eigenvalue weighted by Gasteiger charge is -2.12. The van der Waals surface area contributed by atoms with E-state index in [4.69, 9.17) is 23.2 Å². The van der Waals surface area contributed by atoms with Crippen LogP contribution in [0.3, 0.4) is 0 Å². The van der Waals surface area contributed by atoms with Gasteiger partial charge in [0, 0.05) is 11.8 Å². The fraction of sp³-hybridized carbons (Fsp3) is 0.571. The maximum atomic E-state index is 5.78. The number of hydrogen-bond donors (Lipinski definition) is 1. The minimum Gasteiger partial charge on any atom is -0.364 e. The van der Waals surface area contributed by atoms with Gasteiger partial charge in [-0.2, -0.15) is 16.7 Å². The molecule has 1 rings (SSSR count). The van der Waals surface area contributed by atoms with Gasteiger partial charge in [0.15, 0.2) is 11.0 Å². The molecule has 0 aliphatic carbocycles. The Hall–Kier alpha value is -0.260. The molecule has 1 unspecified atom stereocenters. The molecule has 0 bridgehead atoms. The van der Waals surface area contributed by atoms with Crippen LogP contribution in [0.25, 0.3) is 0 Å². The number of hydrogen-bond acceptors (Lipinski definition) is 5. The van der Waals surface area contributed by atoms with Gasteiger partial charge in [0.25, 0.3) is 0 Å². The van der Waals surface area contributed by atoms with Gasteiger partial charge in [-0.1, -0.05) is 11.6 Å². The van der Waals surface area contributed by atoms with Crippen molar-refractivity contribution in [1.29, 1.82) is 0 Å². The molecular weight excluding hydrogens is 243 g/mol. The molecule has 0 aliphatic rings. The molecule has 1 aromatic heterocycles. The van der Waals surface area contributed by atoms with Crippen LogP contribution in [0.2, 0.25) is 10.4 Å². The monoisotopic (exact) mass is 252 g/mol. The smallest absolute Gasteiger partial charge is 0.245 e. The summed E-state index contributed by atoms with van der Waals surface area (Å²) in [4.78, 5) is 3.93. The van der Waals surface area contributed by atoms with E-state index in [9.17, 15) is 0 Å². The fourth-order valence-corrected chi connectivity index (χ4v) is 1.75. The van der Waals surface area contributed by atoms with Gasteiger partial charge in [-0.3, -0.25) is 0 Å². The topological polar surface area (TPSA) is 50.7 Å². The van der Waals surface area contributed by atoms with Gasteiger partial charge in [-0.05, 0) is 24.8 Å². The summed E-state index contributed by atoms with van der Waals surface area (Å²) in [5.74, 6) is 1.44. The fourth-order valence-electron chi connectivity index (χ4n) is 0.910. The molecule has 0 saturated carbocycles. The number of thioether (sulfide) groups is 1. The molecule has 78 valence electrons. The van der Waals surface area contributed by atoms with Gasteiger partial charge in [-0.15, -0.1) is 10.2 Å². The first-order chi connectivity index (χ1) is 6.63. The lowest BCUT2D eigenvalue weighted by Crippen LogP contribution is -2.19. The van der Waals surface area contributed by atoms with Crippen molar-refractivity contribution in [3.63, 3.8) is 0 Å². The van der Waals surface area contributed by atoms with Gasteiger partial charge >= 0.3 is 0 Å². The maximum absolute atomic E-state index is 5.78. The first kappa shape index (κ1) is 11.8. The van der Waals surface area contributed by atoms with E-state index in [0.29, 0.717) is 5.82 Å². The summed E-state index contributed by atoms with van der Waals surface area (Å²) in [6, 6.07) is 0.260. The highest BCUT2D eigenvalue weighted by molar-refractivity contribution is 7.98. The molecule has 0 amide bonds. The molecule has 14 heavy (non-hydrogen) atoms. The zero-order valence-corrected chi connectivity index (χ0v) is 10.1. The highest BCUT2D eigenvalue weighted by Gasteiger charge is 2.08. The average molecular weight is 253 g/mol. The van der Waals surface area contributed by atoms with E-state index in [0.717, 1.165) is 5.75 Å². The van der Waals surface area contributed by atoms with Crippen LogP contribution in [0.4, 0.5) is 5.82 Å². The second kappa shape index (κ2) is 5.58. The van der Waals surface area contributed by atoms with Gasteiger partial charge in [0.05, 0.1) is 0 Å². The van der Waals surface area contributed by atoms with Crippen LogP contribution in [0.15, 0.2) is 0 Å². The predicted molar refractivity (Wildman–Crippen MR) is 61.3 cm³/mol. The minimum atomic E-state index is 0.0910. The van der Waals surface area contributed by atoms with E-state index in [1.165, 1.54) is 0 Å². The van der Waals surface area contributed by atoms with Crippen LogP contribution in [0, 0.1) is 0 Å². The number of rotatable bonds is 4. The summed E-state index contributed by atoms with van der Waals surface area (Å²) in [7, 11) is 0. The summed E-state index contributed by atoms with van der Waals surface area (Å²) in [5, 5.41) is 10.6. The van der Waals surface area contributed by atoms with Crippen LogP contribution >= 0.6 is 35.0 Å². The molecule has 1 atom stereocenters. The molecular formula is C7H10Cl2N4S. The molecule has 0 fully saturated rings. The number of nitrogens with zero attached hydrogens (tertiary/aromatic N) is 3. The number of anilines is 1. The Balaban J connectivity index is 2.70. The Morgan fingerprint density at radius 2 is 2.14 bits per heavy atom. The standard InChI is InChI=1S/C7H10Cl2N4S/c1-4(3-14-2)10-6-5(8)12-13-7(9)11-6/h4H,3H2,1-2H3,(H,10,11,13). The second-order valence-corrected chi connectivity index (χ2v) is 4.33.